The Balaban J connectivity index is 1.83. The van der Waals surface area contributed by atoms with Gasteiger partial charge in [0.25, 0.3) is 11.1 Å². The number of hydrogen-bond donors (Lipinski definition) is 2. The number of carbonyl (C=O) groups excluding carboxylic acids is 1. The molecule has 0 aliphatic heterocycles. The zero-order chi connectivity index (χ0) is 23.1. The zero-order valence-electron chi connectivity index (χ0n) is 18.2. The Hall–Kier alpha value is -3.36. The minimum Gasteiger partial charge on any atom is -0.465 e. The van der Waals surface area contributed by atoms with Gasteiger partial charge in [0.1, 0.15) is 10.7 Å². The standard InChI is InChI=1S/C24H25N3O4S/c1-27(2)12-13-32-19-10-6-17(7-11-19)15-21-23(29)25-20(22(28)26-21)14-16-4-8-18(9-5-16)24(30)31-3/h4-11,14-15H,12-13H2,1-3H3,(H,25,29)(H,26,28). The van der Waals surface area contributed by atoms with E-state index >= 15 is 0 Å². The van der Waals surface area contributed by atoms with Crippen LogP contribution in [0.15, 0.2) is 63.0 Å². The quantitative estimate of drug-likeness (QED) is 0.414. The molecule has 0 bridgehead atoms. The predicted molar refractivity (Wildman–Crippen MR) is 128 cm³/mol. The second-order valence-corrected chi connectivity index (χ2v) is 8.53. The maximum absolute atomic E-state index is 12.5. The molecule has 0 radical (unpaired) electrons. The lowest BCUT2D eigenvalue weighted by Gasteiger charge is -2.08. The summed E-state index contributed by atoms with van der Waals surface area (Å²) in [6.45, 7) is 0.994. The molecule has 0 fully saturated rings. The van der Waals surface area contributed by atoms with Crippen LogP contribution in [0, 0.1) is 0 Å². The molecular weight excluding hydrogens is 426 g/mol. The molecule has 2 N–H and O–H groups in total. The van der Waals surface area contributed by atoms with Crippen LogP contribution in [-0.4, -0.2) is 54.3 Å². The maximum Gasteiger partial charge on any atom is 0.337 e. The van der Waals surface area contributed by atoms with Crippen molar-refractivity contribution in [3.05, 3.63) is 96.6 Å². The molecule has 32 heavy (non-hydrogen) atoms. The molecule has 2 aromatic carbocycles. The van der Waals surface area contributed by atoms with E-state index in [0.29, 0.717) is 11.1 Å². The van der Waals surface area contributed by atoms with Gasteiger partial charge in [-0.2, -0.15) is 0 Å². The van der Waals surface area contributed by atoms with Gasteiger partial charge in [-0.3, -0.25) is 9.59 Å². The van der Waals surface area contributed by atoms with Gasteiger partial charge in [0.05, 0.1) is 12.7 Å². The highest BCUT2D eigenvalue weighted by Gasteiger charge is 2.04. The van der Waals surface area contributed by atoms with Crippen LogP contribution in [0.3, 0.4) is 0 Å². The number of thioether (sulfide) groups is 1. The van der Waals surface area contributed by atoms with Crippen LogP contribution >= 0.6 is 11.8 Å². The van der Waals surface area contributed by atoms with E-state index in [9.17, 15) is 14.4 Å². The number of aromatic nitrogens is 2. The van der Waals surface area contributed by atoms with Crippen molar-refractivity contribution >= 4 is 29.9 Å². The first-order valence-electron chi connectivity index (χ1n) is 9.98. The molecular formula is C24H25N3O4S. The number of hydrogen-bond acceptors (Lipinski definition) is 6. The van der Waals surface area contributed by atoms with Gasteiger partial charge in [0.15, 0.2) is 0 Å². The topological polar surface area (TPSA) is 95.3 Å². The second kappa shape index (κ2) is 10.8. The molecule has 0 aliphatic carbocycles. The number of aromatic amines is 2. The van der Waals surface area contributed by atoms with Crippen molar-refractivity contribution in [2.24, 2.45) is 0 Å². The van der Waals surface area contributed by atoms with Crippen molar-refractivity contribution in [2.45, 2.75) is 4.90 Å². The highest BCUT2D eigenvalue weighted by Crippen LogP contribution is 2.18. The number of benzene rings is 2. The third kappa shape index (κ3) is 6.32. The summed E-state index contributed by atoms with van der Waals surface area (Å²) in [7, 11) is 5.40. The van der Waals surface area contributed by atoms with E-state index in [-0.39, 0.29) is 10.7 Å². The monoisotopic (exact) mass is 451 g/mol. The molecule has 0 amide bonds. The van der Waals surface area contributed by atoms with Crippen LogP contribution < -0.4 is 21.8 Å². The molecule has 7 nitrogen and oxygen atoms in total. The van der Waals surface area contributed by atoms with Gasteiger partial charge in [-0.1, -0.05) is 24.3 Å². The molecule has 0 atom stereocenters. The number of esters is 1. The van der Waals surface area contributed by atoms with Crippen molar-refractivity contribution < 1.29 is 9.53 Å². The smallest absolute Gasteiger partial charge is 0.337 e. The Bertz CT molecular complexity index is 1310. The Labute approximate surface area is 189 Å². The Morgan fingerprint density at radius 2 is 1.41 bits per heavy atom. The molecule has 1 aromatic heterocycles. The average molecular weight is 452 g/mol. The number of rotatable bonds is 7. The largest absolute Gasteiger partial charge is 0.465 e. The summed E-state index contributed by atoms with van der Waals surface area (Å²) in [4.78, 5) is 45.0. The van der Waals surface area contributed by atoms with Gasteiger partial charge >= 0.3 is 5.97 Å². The summed E-state index contributed by atoms with van der Waals surface area (Å²) in [5.41, 5.74) is 1.07. The summed E-state index contributed by atoms with van der Waals surface area (Å²) in [6.07, 6.45) is 3.19. The fraction of sp³-hybridized carbons (Fsp3) is 0.208. The predicted octanol–water partition coefficient (Wildman–Crippen LogP) is 1.16. The number of ether oxygens (including phenoxy) is 1. The first kappa shape index (κ1) is 23.3. The van der Waals surface area contributed by atoms with E-state index in [0.717, 1.165) is 22.8 Å². The molecule has 0 saturated carbocycles. The van der Waals surface area contributed by atoms with Gasteiger partial charge in [0.2, 0.25) is 0 Å². The summed E-state index contributed by atoms with van der Waals surface area (Å²) in [5, 5.41) is 0.312. The molecule has 3 rings (SSSR count). The van der Waals surface area contributed by atoms with Crippen molar-refractivity contribution in [2.75, 3.05) is 33.5 Å². The average Bonchev–Trinajstić information content (AvgIpc) is 2.78. The van der Waals surface area contributed by atoms with Crippen molar-refractivity contribution in [1.82, 2.24) is 14.9 Å². The second-order valence-electron chi connectivity index (χ2n) is 7.36. The van der Waals surface area contributed by atoms with Gasteiger partial charge in [-0.05, 0) is 61.6 Å². The minimum atomic E-state index is -0.442. The van der Waals surface area contributed by atoms with Crippen LogP contribution in [0.4, 0.5) is 0 Å². The number of nitrogens with zero attached hydrogens (tertiary/aromatic N) is 1. The summed E-state index contributed by atoms with van der Waals surface area (Å²) < 4.78 is 4.67. The van der Waals surface area contributed by atoms with Gasteiger partial charge in [0, 0.05) is 17.2 Å². The zero-order valence-corrected chi connectivity index (χ0v) is 19.0. The highest BCUT2D eigenvalue weighted by atomic mass is 32.2. The van der Waals surface area contributed by atoms with E-state index in [1.165, 1.54) is 7.11 Å². The first-order valence-corrected chi connectivity index (χ1v) is 11.0. The fourth-order valence-electron chi connectivity index (χ4n) is 2.87. The molecule has 0 aliphatic rings. The summed E-state index contributed by atoms with van der Waals surface area (Å²) >= 11 is 1.76. The number of methoxy groups -OCH3 is 1. The SMILES string of the molecule is COC(=O)c1ccc(C=c2[nH]c(=O)c(=Cc3ccc(SCCN(C)C)cc3)[nH]c2=O)cc1. The van der Waals surface area contributed by atoms with Crippen LogP contribution in [0.5, 0.6) is 0 Å². The third-order valence-corrected chi connectivity index (χ3v) is 5.62. The van der Waals surface area contributed by atoms with Crippen LogP contribution in [0.25, 0.3) is 12.2 Å². The molecule has 8 heteroatoms. The highest BCUT2D eigenvalue weighted by molar-refractivity contribution is 7.99. The third-order valence-electron chi connectivity index (χ3n) is 4.63. The van der Waals surface area contributed by atoms with Gasteiger partial charge < -0.3 is 19.6 Å². The lowest BCUT2D eigenvalue weighted by molar-refractivity contribution is 0.0600. The Morgan fingerprint density at radius 1 is 0.906 bits per heavy atom. The molecule has 0 spiro atoms. The maximum atomic E-state index is 12.5. The van der Waals surface area contributed by atoms with Gasteiger partial charge in [-0.15, -0.1) is 11.8 Å². The Kier molecular flexibility index (Phi) is 7.86. The molecule has 3 aromatic rings. The summed E-state index contributed by atoms with van der Waals surface area (Å²) in [6, 6.07) is 14.3. The van der Waals surface area contributed by atoms with Crippen LogP contribution in [0.1, 0.15) is 21.5 Å². The Morgan fingerprint density at radius 3 is 1.88 bits per heavy atom. The lowest BCUT2D eigenvalue weighted by atomic mass is 10.1. The van der Waals surface area contributed by atoms with E-state index in [1.807, 2.05) is 38.4 Å². The fourth-order valence-corrected chi connectivity index (χ4v) is 3.89. The first-order chi connectivity index (χ1) is 15.4. The van der Waals surface area contributed by atoms with Crippen molar-refractivity contribution in [1.29, 1.82) is 0 Å². The van der Waals surface area contributed by atoms with E-state index in [2.05, 4.69) is 19.6 Å². The lowest BCUT2D eigenvalue weighted by Crippen LogP contribution is -2.46. The molecule has 1 heterocycles. The van der Waals surface area contributed by atoms with E-state index in [4.69, 9.17) is 0 Å². The molecule has 166 valence electrons. The van der Waals surface area contributed by atoms with Crippen LogP contribution in [-0.2, 0) is 4.74 Å². The van der Waals surface area contributed by atoms with Gasteiger partial charge in [-0.25, -0.2) is 4.79 Å². The minimum absolute atomic E-state index is 0.130. The number of H-pyrrole nitrogens is 2. The van der Waals surface area contributed by atoms with E-state index < -0.39 is 17.1 Å². The van der Waals surface area contributed by atoms with Crippen molar-refractivity contribution in [3.8, 4) is 0 Å². The normalized spacial score (nSPS) is 12.4. The molecule has 0 unspecified atom stereocenters. The number of carbonyl (C=O) groups is 1. The van der Waals surface area contributed by atoms with Crippen LogP contribution in [0.2, 0.25) is 0 Å². The summed E-state index contributed by atoms with van der Waals surface area (Å²) in [5.74, 6) is 0.551. The molecule has 0 saturated heterocycles. The number of nitrogens with one attached hydrogen (secondary N) is 2. The van der Waals surface area contributed by atoms with E-state index in [1.54, 1.807) is 48.2 Å². The van der Waals surface area contributed by atoms with Crippen molar-refractivity contribution in [3.63, 3.8) is 0 Å².